The Kier molecular flexibility index (Phi) is 6.12. The fraction of sp³-hybridized carbons (Fsp3) is 0.846. The van der Waals surface area contributed by atoms with E-state index in [2.05, 4.69) is 5.32 Å². The predicted octanol–water partition coefficient (Wildman–Crippen LogP) is 0.786. The summed E-state index contributed by atoms with van der Waals surface area (Å²) in [7, 11) is 0. The van der Waals surface area contributed by atoms with Gasteiger partial charge in [0.1, 0.15) is 0 Å². The van der Waals surface area contributed by atoms with Gasteiger partial charge in [0.25, 0.3) is 0 Å². The highest BCUT2D eigenvalue weighted by Gasteiger charge is 2.27. The van der Waals surface area contributed by atoms with Crippen LogP contribution in [0.4, 0.5) is 0 Å². The van der Waals surface area contributed by atoms with Crippen LogP contribution in [0.1, 0.15) is 33.6 Å². The van der Waals surface area contributed by atoms with Gasteiger partial charge in [-0.25, -0.2) is 0 Å². The second-order valence-corrected chi connectivity index (χ2v) is 4.94. The SMILES string of the molecule is CCOC(=O)C1CCN(C(=O)CNC(C)C)CC1. The quantitative estimate of drug-likeness (QED) is 0.739. The number of carbonyl (C=O) groups is 2. The maximum atomic E-state index is 11.9. The molecule has 0 aromatic carbocycles. The van der Waals surface area contributed by atoms with E-state index in [1.165, 1.54) is 0 Å². The van der Waals surface area contributed by atoms with E-state index >= 15 is 0 Å². The monoisotopic (exact) mass is 256 g/mol. The van der Waals surface area contributed by atoms with Crippen molar-refractivity contribution in [3.63, 3.8) is 0 Å². The molecule has 104 valence electrons. The minimum absolute atomic E-state index is 0.0351. The Labute approximate surface area is 109 Å². The summed E-state index contributed by atoms with van der Waals surface area (Å²) in [4.78, 5) is 25.2. The van der Waals surface area contributed by atoms with Crippen molar-refractivity contribution in [3.8, 4) is 0 Å². The molecule has 1 amide bonds. The lowest BCUT2D eigenvalue weighted by Gasteiger charge is -2.31. The maximum absolute atomic E-state index is 11.9. The van der Waals surface area contributed by atoms with E-state index in [1.807, 2.05) is 25.7 Å². The second-order valence-electron chi connectivity index (χ2n) is 4.94. The average molecular weight is 256 g/mol. The number of carbonyl (C=O) groups excluding carboxylic acids is 2. The number of amides is 1. The third-order valence-electron chi connectivity index (χ3n) is 3.13. The van der Waals surface area contributed by atoms with Gasteiger partial charge in [0.05, 0.1) is 19.1 Å². The molecule has 18 heavy (non-hydrogen) atoms. The van der Waals surface area contributed by atoms with E-state index in [1.54, 1.807) is 0 Å². The van der Waals surface area contributed by atoms with Crippen LogP contribution >= 0.6 is 0 Å². The summed E-state index contributed by atoms with van der Waals surface area (Å²) in [5.41, 5.74) is 0. The summed E-state index contributed by atoms with van der Waals surface area (Å²) < 4.78 is 5.00. The molecule has 0 spiro atoms. The summed E-state index contributed by atoms with van der Waals surface area (Å²) in [6.07, 6.45) is 1.43. The van der Waals surface area contributed by atoms with E-state index in [9.17, 15) is 9.59 Å². The maximum Gasteiger partial charge on any atom is 0.309 e. The summed E-state index contributed by atoms with van der Waals surface area (Å²) in [5, 5.41) is 3.11. The van der Waals surface area contributed by atoms with Crippen molar-refractivity contribution in [2.75, 3.05) is 26.2 Å². The van der Waals surface area contributed by atoms with Crippen molar-refractivity contribution in [1.29, 1.82) is 0 Å². The molecule has 1 heterocycles. The van der Waals surface area contributed by atoms with Gasteiger partial charge < -0.3 is 15.0 Å². The molecule has 1 N–H and O–H groups in total. The van der Waals surface area contributed by atoms with Crippen molar-refractivity contribution < 1.29 is 14.3 Å². The molecule has 1 rings (SSSR count). The average Bonchev–Trinajstić information content (AvgIpc) is 2.36. The van der Waals surface area contributed by atoms with Gasteiger partial charge in [0, 0.05) is 19.1 Å². The highest BCUT2D eigenvalue weighted by Crippen LogP contribution is 2.18. The molecule has 0 bridgehead atoms. The first kappa shape index (κ1) is 15.0. The van der Waals surface area contributed by atoms with E-state index < -0.39 is 0 Å². The lowest BCUT2D eigenvalue weighted by molar-refractivity contribution is -0.151. The molecule has 0 saturated carbocycles. The molecule has 0 atom stereocenters. The first-order valence-corrected chi connectivity index (χ1v) is 6.72. The number of esters is 1. The van der Waals surface area contributed by atoms with Crippen LogP contribution in [0.5, 0.6) is 0 Å². The van der Waals surface area contributed by atoms with Gasteiger partial charge in [0.2, 0.25) is 5.91 Å². The summed E-state index contributed by atoms with van der Waals surface area (Å²) in [6, 6.07) is 0.311. The van der Waals surface area contributed by atoms with Crippen LogP contribution in [0.3, 0.4) is 0 Å². The first-order chi connectivity index (χ1) is 8.54. The Morgan fingerprint density at radius 3 is 2.44 bits per heavy atom. The van der Waals surface area contributed by atoms with Crippen LogP contribution in [0.15, 0.2) is 0 Å². The number of piperidine rings is 1. The number of hydrogen-bond donors (Lipinski definition) is 1. The predicted molar refractivity (Wildman–Crippen MR) is 69.1 cm³/mol. The third kappa shape index (κ3) is 4.64. The molecule has 1 saturated heterocycles. The molecule has 0 unspecified atom stereocenters. The van der Waals surface area contributed by atoms with Crippen LogP contribution in [-0.2, 0) is 14.3 Å². The summed E-state index contributed by atoms with van der Waals surface area (Å²) in [5.74, 6) is -0.0389. The Morgan fingerprint density at radius 1 is 1.33 bits per heavy atom. The van der Waals surface area contributed by atoms with Crippen LogP contribution < -0.4 is 5.32 Å². The van der Waals surface area contributed by atoms with Crippen molar-refractivity contribution in [2.24, 2.45) is 5.92 Å². The van der Waals surface area contributed by atoms with Crippen LogP contribution in [0.25, 0.3) is 0 Å². The van der Waals surface area contributed by atoms with Crippen LogP contribution in [0.2, 0.25) is 0 Å². The Balaban J connectivity index is 2.30. The van der Waals surface area contributed by atoms with E-state index in [0.29, 0.717) is 45.1 Å². The standard InChI is InChI=1S/C13H24N2O3/c1-4-18-13(17)11-5-7-15(8-6-11)12(16)9-14-10(2)3/h10-11,14H,4-9H2,1-3H3. The van der Waals surface area contributed by atoms with Crippen molar-refractivity contribution >= 4 is 11.9 Å². The van der Waals surface area contributed by atoms with E-state index in [-0.39, 0.29) is 17.8 Å². The largest absolute Gasteiger partial charge is 0.466 e. The molecule has 5 nitrogen and oxygen atoms in total. The van der Waals surface area contributed by atoms with Gasteiger partial charge >= 0.3 is 5.97 Å². The highest BCUT2D eigenvalue weighted by atomic mass is 16.5. The minimum atomic E-state index is -0.120. The smallest absolute Gasteiger partial charge is 0.309 e. The molecular formula is C13H24N2O3. The van der Waals surface area contributed by atoms with Crippen molar-refractivity contribution in [3.05, 3.63) is 0 Å². The first-order valence-electron chi connectivity index (χ1n) is 6.72. The lowest BCUT2D eigenvalue weighted by atomic mass is 9.97. The molecular weight excluding hydrogens is 232 g/mol. The molecule has 5 heteroatoms. The molecule has 1 aliphatic rings. The van der Waals surface area contributed by atoms with Gasteiger partial charge in [-0.05, 0) is 19.8 Å². The van der Waals surface area contributed by atoms with Gasteiger partial charge in [0.15, 0.2) is 0 Å². The number of hydrogen-bond acceptors (Lipinski definition) is 4. The molecule has 0 radical (unpaired) electrons. The second kappa shape index (κ2) is 7.36. The number of nitrogens with one attached hydrogen (secondary N) is 1. The fourth-order valence-corrected chi connectivity index (χ4v) is 2.03. The number of rotatable bonds is 5. The lowest BCUT2D eigenvalue weighted by Crippen LogP contribution is -2.45. The number of nitrogens with zero attached hydrogens (tertiary/aromatic N) is 1. The van der Waals surface area contributed by atoms with Gasteiger partial charge in [-0.3, -0.25) is 9.59 Å². The van der Waals surface area contributed by atoms with E-state index in [0.717, 1.165) is 0 Å². The highest BCUT2D eigenvalue weighted by molar-refractivity contribution is 5.79. The van der Waals surface area contributed by atoms with Crippen molar-refractivity contribution in [2.45, 2.75) is 39.7 Å². The zero-order chi connectivity index (χ0) is 13.5. The van der Waals surface area contributed by atoms with Gasteiger partial charge in [-0.15, -0.1) is 0 Å². The molecule has 0 aliphatic carbocycles. The summed E-state index contributed by atoms with van der Waals surface area (Å²) in [6.45, 7) is 7.96. The number of ether oxygens (including phenoxy) is 1. The molecule has 0 aromatic rings. The normalized spacial score (nSPS) is 17.0. The molecule has 0 aromatic heterocycles. The fourth-order valence-electron chi connectivity index (χ4n) is 2.03. The minimum Gasteiger partial charge on any atom is -0.466 e. The van der Waals surface area contributed by atoms with Crippen molar-refractivity contribution in [1.82, 2.24) is 10.2 Å². The number of likely N-dealkylation sites (tertiary alicyclic amines) is 1. The van der Waals surface area contributed by atoms with Gasteiger partial charge in [-0.1, -0.05) is 13.8 Å². The van der Waals surface area contributed by atoms with E-state index in [4.69, 9.17) is 4.74 Å². The zero-order valence-corrected chi connectivity index (χ0v) is 11.6. The topological polar surface area (TPSA) is 58.6 Å². The third-order valence-corrected chi connectivity index (χ3v) is 3.13. The summed E-state index contributed by atoms with van der Waals surface area (Å²) >= 11 is 0. The zero-order valence-electron chi connectivity index (χ0n) is 11.6. The molecule has 1 aliphatic heterocycles. The Morgan fingerprint density at radius 2 is 1.94 bits per heavy atom. The Bertz CT molecular complexity index is 284. The Hall–Kier alpha value is -1.10. The van der Waals surface area contributed by atoms with Crippen LogP contribution in [0, 0.1) is 5.92 Å². The molecule has 1 fully saturated rings. The van der Waals surface area contributed by atoms with Gasteiger partial charge in [-0.2, -0.15) is 0 Å². The van der Waals surface area contributed by atoms with Crippen LogP contribution in [-0.4, -0.2) is 49.1 Å².